The highest BCUT2D eigenvalue weighted by Crippen LogP contribution is 2.45. The lowest BCUT2D eigenvalue weighted by atomic mass is 9.84. The molecule has 1 aliphatic rings. The van der Waals surface area contributed by atoms with E-state index in [0.717, 1.165) is 72.4 Å². The van der Waals surface area contributed by atoms with Crippen LogP contribution in [0.25, 0.3) is 22.4 Å². The second kappa shape index (κ2) is 24.8. The van der Waals surface area contributed by atoms with Crippen LogP contribution in [-0.2, 0) is 20.8 Å². The van der Waals surface area contributed by atoms with E-state index in [4.69, 9.17) is 27.1 Å². The summed E-state index contributed by atoms with van der Waals surface area (Å²) in [6.07, 6.45) is 9.89. The fourth-order valence-electron chi connectivity index (χ4n) is 7.41. The van der Waals surface area contributed by atoms with Gasteiger partial charge < -0.3 is 26.4 Å². The number of hydrogen-bond donors (Lipinski definition) is 4. The quantitative estimate of drug-likeness (QED) is 0.0608. The van der Waals surface area contributed by atoms with Crippen molar-refractivity contribution in [1.29, 1.82) is 0 Å². The number of carbonyl (C=O) groups excluding carboxylic acids is 3. The minimum absolute atomic E-state index is 0.0186. The fraction of sp³-hybridized carbons (Fsp3) is 0.551. The highest BCUT2D eigenvalue weighted by Gasteiger charge is 2.30. The predicted molar refractivity (Wildman–Crippen MR) is 248 cm³/mol. The Morgan fingerprint density at radius 1 is 0.966 bits per heavy atom. The minimum atomic E-state index is -0.519. The number of carbonyl (C=O) groups is 3. The second-order valence-electron chi connectivity index (χ2n) is 15.8. The maximum absolute atomic E-state index is 13.2. The maximum Gasteiger partial charge on any atom is 0.260 e. The monoisotopic (exact) mass is 832 g/mol. The summed E-state index contributed by atoms with van der Waals surface area (Å²) >= 11 is 7.14. The number of aryl methyl sites for hydroxylation is 1. The SMILES string of the molecule is CC.CCC(C)c1c(NC(=O)/C(=C/CN)C(=O)NC)cccc1-c1cccc(-c2cc3c(c(OC)n2)C(C)CC3)c1Cl.CC[C@@H](C)CCC(CC)(CC)NC(=O)C(C)C. The van der Waals surface area contributed by atoms with Crippen LogP contribution in [0, 0.1) is 11.8 Å². The number of methoxy groups -OCH3 is 1. The van der Waals surface area contributed by atoms with E-state index in [2.05, 4.69) is 70.5 Å². The lowest BCUT2D eigenvalue weighted by Crippen LogP contribution is -2.49. The Morgan fingerprint density at radius 3 is 2.15 bits per heavy atom. The molecule has 2 unspecified atom stereocenters. The molecule has 4 rings (SSSR count). The lowest BCUT2D eigenvalue weighted by Gasteiger charge is -2.34. The molecular formula is C49H74ClN5O4. The molecule has 59 heavy (non-hydrogen) atoms. The van der Waals surface area contributed by atoms with Crippen LogP contribution in [0.4, 0.5) is 5.69 Å². The Morgan fingerprint density at radius 2 is 1.59 bits per heavy atom. The summed E-state index contributed by atoms with van der Waals surface area (Å²) < 4.78 is 5.69. The topological polar surface area (TPSA) is 135 Å². The van der Waals surface area contributed by atoms with Gasteiger partial charge in [-0.05, 0) is 91.5 Å². The van der Waals surface area contributed by atoms with Gasteiger partial charge in [-0.15, -0.1) is 0 Å². The third-order valence-electron chi connectivity index (χ3n) is 11.8. The Kier molecular flexibility index (Phi) is 21.4. The molecule has 3 atom stereocenters. The number of aromatic nitrogens is 1. The molecule has 326 valence electrons. The molecule has 0 radical (unpaired) electrons. The number of benzene rings is 2. The summed E-state index contributed by atoms with van der Waals surface area (Å²) in [5, 5.41) is 9.30. The molecule has 1 heterocycles. The van der Waals surface area contributed by atoms with Gasteiger partial charge in [0.05, 0.1) is 17.8 Å². The van der Waals surface area contributed by atoms with Crippen molar-refractivity contribution < 1.29 is 19.1 Å². The van der Waals surface area contributed by atoms with E-state index in [1.807, 2.05) is 64.1 Å². The molecule has 10 heteroatoms. The molecule has 0 bridgehead atoms. The summed E-state index contributed by atoms with van der Waals surface area (Å²) in [5.41, 5.74) is 12.9. The number of rotatable bonds is 17. The van der Waals surface area contributed by atoms with Crippen molar-refractivity contribution in [3.05, 3.63) is 75.8 Å². The third-order valence-corrected chi connectivity index (χ3v) is 12.2. The number of hydrogen-bond acceptors (Lipinski definition) is 6. The van der Waals surface area contributed by atoms with Crippen LogP contribution in [-0.4, -0.2) is 48.9 Å². The summed E-state index contributed by atoms with van der Waals surface area (Å²) in [6, 6.07) is 13.8. The Bertz CT molecular complexity index is 1870. The van der Waals surface area contributed by atoms with E-state index in [9.17, 15) is 14.4 Å². The zero-order valence-corrected chi connectivity index (χ0v) is 39.1. The minimum Gasteiger partial charge on any atom is -0.481 e. The van der Waals surface area contributed by atoms with Crippen LogP contribution in [0.2, 0.25) is 5.02 Å². The Balaban J connectivity index is 0.000000532. The number of likely N-dealkylation sites (N-methyl/N-ethyl adjacent to an activating group) is 1. The average molecular weight is 833 g/mol. The summed E-state index contributed by atoms with van der Waals surface area (Å²) in [6.45, 7) is 23.3. The van der Waals surface area contributed by atoms with Crippen molar-refractivity contribution in [3.63, 3.8) is 0 Å². The van der Waals surface area contributed by atoms with E-state index in [1.54, 1.807) is 7.11 Å². The molecule has 0 saturated carbocycles. The van der Waals surface area contributed by atoms with Crippen LogP contribution < -0.4 is 26.4 Å². The third kappa shape index (κ3) is 13.1. The van der Waals surface area contributed by atoms with Crippen molar-refractivity contribution in [2.75, 3.05) is 26.0 Å². The zero-order chi connectivity index (χ0) is 44.4. The van der Waals surface area contributed by atoms with Gasteiger partial charge in [-0.25, -0.2) is 4.98 Å². The maximum atomic E-state index is 13.2. The van der Waals surface area contributed by atoms with Crippen LogP contribution in [0.5, 0.6) is 5.88 Å². The van der Waals surface area contributed by atoms with E-state index < -0.39 is 11.8 Å². The smallest absolute Gasteiger partial charge is 0.260 e. The molecule has 0 saturated heterocycles. The van der Waals surface area contributed by atoms with E-state index >= 15 is 0 Å². The van der Waals surface area contributed by atoms with Gasteiger partial charge >= 0.3 is 0 Å². The van der Waals surface area contributed by atoms with Crippen molar-refractivity contribution in [3.8, 4) is 28.3 Å². The van der Waals surface area contributed by atoms with Gasteiger partial charge in [-0.1, -0.05) is 131 Å². The van der Waals surface area contributed by atoms with Gasteiger partial charge in [0.1, 0.15) is 5.57 Å². The largest absolute Gasteiger partial charge is 0.481 e. The van der Waals surface area contributed by atoms with E-state index in [-0.39, 0.29) is 35.4 Å². The molecule has 0 fully saturated rings. The fourth-order valence-corrected chi connectivity index (χ4v) is 7.74. The number of amides is 3. The van der Waals surface area contributed by atoms with Crippen molar-refractivity contribution >= 4 is 35.0 Å². The van der Waals surface area contributed by atoms with Gasteiger partial charge in [-0.3, -0.25) is 14.4 Å². The van der Waals surface area contributed by atoms with Gasteiger partial charge in [-0.2, -0.15) is 0 Å². The lowest BCUT2D eigenvalue weighted by molar-refractivity contribution is -0.126. The van der Waals surface area contributed by atoms with Crippen molar-refractivity contribution in [2.45, 2.75) is 145 Å². The second-order valence-corrected chi connectivity index (χ2v) is 16.2. The molecule has 9 nitrogen and oxygen atoms in total. The highest BCUT2D eigenvalue weighted by atomic mass is 35.5. The van der Waals surface area contributed by atoms with E-state index in [1.165, 1.54) is 37.1 Å². The van der Waals surface area contributed by atoms with Crippen LogP contribution >= 0.6 is 11.6 Å². The Labute approximate surface area is 361 Å². The summed E-state index contributed by atoms with van der Waals surface area (Å²) in [4.78, 5) is 42.2. The Hall–Kier alpha value is -4.21. The van der Waals surface area contributed by atoms with Gasteiger partial charge in [0.15, 0.2) is 0 Å². The van der Waals surface area contributed by atoms with Gasteiger partial charge in [0.2, 0.25) is 11.8 Å². The number of fused-ring (bicyclic) bond motifs is 1. The number of nitrogens with two attached hydrogens (primary N) is 1. The number of ether oxygens (including phenoxy) is 1. The van der Waals surface area contributed by atoms with Crippen molar-refractivity contribution in [1.82, 2.24) is 15.6 Å². The number of nitrogens with zero attached hydrogens (tertiary/aromatic N) is 1. The number of anilines is 1. The molecule has 0 aliphatic heterocycles. The van der Waals surface area contributed by atoms with Gasteiger partial charge in [0.25, 0.3) is 11.8 Å². The average Bonchev–Trinajstić information content (AvgIpc) is 3.63. The van der Waals surface area contributed by atoms with Crippen LogP contribution in [0.15, 0.2) is 54.1 Å². The van der Waals surface area contributed by atoms with E-state index in [0.29, 0.717) is 22.5 Å². The molecule has 0 spiro atoms. The molecule has 3 aromatic rings. The van der Waals surface area contributed by atoms with Crippen molar-refractivity contribution in [2.24, 2.45) is 17.6 Å². The highest BCUT2D eigenvalue weighted by molar-refractivity contribution is 6.36. The molecule has 3 amide bonds. The number of pyridine rings is 1. The first-order valence-electron chi connectivity index (χ1n) is 21.9. The summed E-state index contributed by atoms with van der Waals surface area (Å²) in [5.74, 6) is 1.17. The number of nitrogens with one attached hydrogen (secondary N) is 3. The first-order chi connectivity index (χ1) is 28.2. The number of halogens is 1. The molecule has 1 aliphatic carbocycles. The standard InChI is InChI=1S/C32H37ClN4O3.C15H31NO.C2H6/c1-6-18(2)28-21(9-8-12-25(28)36-31(39)24(15-16-34)30(38)35-4)22-10-7-11-23(29(22)33)26-17-20-14-13-19(3)27(20)32(37-26)40-5;1-7-13(6)10-11-15(8-2,9-3)16-14(17)12(4)5;1-2/h7-12,15,17-19H,6,13-14,16,34H2,1-5H3,(H,35,38)(H,36,39);12-13H,7-11H2,1-6H3,(H,16,17);1-2H3/b24-15+;;/t;13-;/m.1./s1. The van der Waals surface area contributed by atoms with Crippen LogP contribution in [0.1, 0.15) is 150 Å². The van der Waals surface area contributed by atoms with Crippen LogP contribution in [0.3, 0.4) is 0 Å². The normalized spacial score (nSPS) is 14.5. The molecule has 5 N–H and O–H groups in total. The first-order valence-corrected chi connectivity index (χ1v) is 22.3. The van der Waals surface area contributed by atoms with Gasteiger partial charge in [0, 0.05) is 47.4 Å². The zero-order valence-electron chi connectivity index (χ0n) is 38.3. The first kappa shape index (κ1) is 50.9. The molecular weight excluding hydrogens is 758 g/mol. The predicted octanol–water partition coefficient (Wildman–Crippen LogP) is 11.4. The molecule has 2 aromatic carbocycles. The summed E-state index contributed by atoms with van der Waals surface area (Å²) in [7, 11) is 3.14. The molecule has 1 aromatic heterocycles.